The van der Waals surface area contributed by atoms with Gasteiger partial charge in [0.1, 0.15) is 5.82 Å². The third kappa shape index (κ3) is 5.75. The fourth-order valence-electron chi connectivity index (χ4n) is 4.56. The number of carbonyl (C=O) groups excluding carboxylic acids is 2. The van der Waals surface area contributed by atoms with Crippen LogP contribution in [0.3, 0.4) is 0 Å². The Morgan fingerprint density at radius 3 is 2.81 bits per heavy atom. The quantitative estimate of drug-likeness (QED) is 0.398. The van der Waals surface area contributed by atoms with E-state index in [4.69, 9.17) is 4.98 Å². The van der Waals surface area contributed by atoms with Gasteiger partial charge >= 0.3 is 0 Å². The summed E-state index contributed by atoms with van der Waals surface area (Å²) in [6, 6.07) is 6.21. The number of hydrogen-bond acceptors (Lipinski definition) is 7. The second kappa shape index (κ2) is 9.75. The van der Waals surface area contributed by atoms with E-state index in [1.165, 1.54) is 11.3 Å². The maximum absolute atomic E-state index is 12.9. The lowest BCUT2D eigenvalue weighted by Crippen LogP contribution is -2.39. The molecule has 0 atom stereocenters. The minimum absolute atomic E-state index is 0.0348. The van der Waals surface area contributed by atoms with Gasteiger partial charge in [0.2, 0.25) is 5.91 Å². The molecule has 3 N–H and O–H groups in total. The minimum Gasteiger partial charge on any atom is -0.367 e. The minimum atomic E-state index is -0.0767. The van der Waals surface area contributed by atoms with Gasteiger partial charge in [-0.05, 0) is 56.1 Å². The highest BCUT2D eigenvalue weighted by atomic mass is 32.1. The number of allylic oxidation sites excluding steroid dienone is 1. The first kappa shape index (κ1) is 25.2. The van der Waals surface area contributed by atoms with E-state index in [1.54, 1.807) is 10.7 Å². The van der Waals surface area contributed by atoms with Gasteiger partial charge in [-0.25, -0.2) is 4.98 Å². The molecule has 0 unspecified atom stereocenters. The average molecular weight is 520 g/mol. The molecule has 0 spiro atoms. The molecule has 4 heterocycles. The molecule has 0 radical (unpaired) electrons. The zero-order valence-corrected chi connectivity index (χ0v) is 22.5. The molecule has 0 aromatic carbocycles. The van der Waals surface area contributed by atoms with Gasteiger partial charge in [0.25, 0.3) is 5.91 Å². The largest absolute Gasteiger partial charge is 0.367 e. The number of fused-ring (bicyclic) bond motifs is 1. The van der Waals surface area contributed by atoms with Crippen LogP contribution >= 0.6 is 11.3 Å². The summed E-state index contributed by atoms with van der Waals surface area (Å²) < 4.78 is 1.80. The van der Waals surface area contributed by atoms with Crippen LogP contribution in [-0.2, 0) is 4.79 Å². The number of thiophene rings is 1. The first-order chi connectivity index (χ1) is 17.6. The fourth-order valence-corrected chi connectivity index (χ4v) is 5.45. The van der Waals surface area contributed by atoms with Crippen molar-refractivity contribution in [1.82, 2.24) is 30.1 Å². The lowest BCUT2D eigenvalue weighted by atomic mass is 9.93. The second-order valence-corrected chi connectivity index (χ2v) is 12.0. The topological polar surface area (TPSA) is 104 Å². The van der Waals surface area contributed by atoms with Crippen molar-refractivity contribution < 1.29 is 9.59 Å². The van der Waals surface area contributed by atoms with Crippen LogP contribution in [0, 0.1) is 5.41 Å². The lowest BCUT2D eigenvalue weighted by Gasteiger charge is -2.28. The van der Waals surface area contributed by atoms with Crippen LogP contribution in [-0.4, -0.2) is 64.5 Å². The Morgan fingerprint density at radius 2 is 2.14 bits per heavy atom. The molecule has 5 rings (SSSR count). The molecular weight excluding hydrogens is 486 g/mol. The highest BCUT2D eigenvalue weighted by molar-refractivity contribution is 7.17. The van der Waals surface area contributed by atoms with Gasteiger partial charge in [-0.15, -0.1) is 11.3 Å². The van der Waals surface area contributed by atoms with Crippen molar-refractivity contribution in [3.63, 3.8) is 0 Å². The van der Waals surface area contributed by atoms with E-state index >= 15 is 0 Å². The number of aromatic nitrogens is 3. The van der Waals surface area contributed by atoms with Gasteiger partial charge in [0.05, 0.1) is 28.1 Å². The molecule has 1 saturated heterocycles. The summed E-state index contributed by atoms with van der Waals surface area (Å²) in [7, 11) is 4.07. The molecule has 0 bridgehead atoms. The number of anilines is 1. The zero-order chi connectivity index (χ0) is 26.3. The van der Waals surface area contributed by atoms with E-state index in [-0.39, 0.29) is 23.7 Å². The maximum Gasteiger partial charge on any atom is 0.261 e. The van der Waals surface area contributed by atoms with Crippen LogP contribution in [0.4, 0.5) is 5.82 Å². The maximum atomic E-state index is 12.9. The standard InChI is InChI=1S/C27H33N7O2S/c1-16-17(11-24(35)30-16)10-18-13-29-34-23(31-19-6-7-19)12-20(32-25(18)34)21-8-9-22(37-21)26(36)28-14-27(2,3)15-33(4)5/h8-10,12-13,19,31H,1,6-7,11,14-15H2,2-5H3,(H,28,36)(H,30,35)/b17-10+. The molecule has 3 aromatic heterocycles. The molecule has 9 nitrogen and oxygen atoms in total. The Labute approximate surface area is 220 Å². The molecule has 3 aromatic rings. The molecular formula is C27H33N7O2S. The summed E-state index contributed by atoms with van der Waals surface area (Å²) >= 11 is 1.43. The van der Waals surface area contributed by atoms with Gasteiger partial charge in [-0.2, -0.15) is 9.61 Å². The predicted molar refractivity (Wildman–Crippen MR) is 147 cm³/mol. The van der Waals surface area contributed by atoms with Crippen LogP contribution < -0.4 is 16.0 Å². The van der Waals surface area contributed by atoms with Gasteiger partial charge < -0.3 is 20.9 Å². The van der Waals surface area contributed by atoms with Crippen LogP contribution in [0.1, 0.15) is 48.3 Å². The highest BCUT2D eigenvalue weighted by Crippen LogP contribution is 2.33. The molecule has 194 valence electrons. The van der Waals surface area contributed by atoms with Crippen molar-refractivity contribution in [2.45, 2.75) is 39.2 Å². The van der Waals surface area contributed by atoms with Crippen LogP contribution in [0.5, 0.6) is 0 Å². The van der Waals surface area contributed by atoms with E-state index in [0.29, 0.717) is 28.8 Å². The van der Waals surface area contributed by atoms with Crippen LogP contribution in [0.15, 0.2) is 42.2 Å². The molecule has 2 amide bonds. The van der Waals surface area contributed by atoms with Crippen molar-refractivity contribution in [1.29, 1.82) is 0 Å². The Balaban J connectivity index is 1.44. The zero-order valence-electron chi connectivity index (χ0n) is 21.7. The van der Waals surface area contributed by atoms with Crippen molar-refractivity contribution in [3.8, 4) is 10.6 Å². The molecule has 1 aliphatic heterocycles. The highest BCUT2D eigenvalue weighted by Gasteiger charge is 2.25. The first-order valence-corrected chi connectivity index (χ1v) is 13.3. The summed E-state index contributed by atoms with van der Waals surface area (Å²) in [6.07, 6.45) is 6.22. The fraction of sp³-hybridized carbons (Fsp3) is 0.407. The Morgan fingerprint density at radius 1 is 1.35 bits per heavy atom. The van der Waals surface area contributed by atoms with Gasteiger partial charge in [-0.1, -0.05) is 20.4 Å². The van der Waals surface area contributed by atoms with Gasteiger partial charge in [0, 0.05) is 36.5 Å². The lowest BCUT2D eigenvalue weighted by molar-refractivity contribution is -0.118. The summed E-state index contributed by atoms with van der Waals surface area (Å²) in [5.74, 6) is 0.718. The summed E-state index contributed by atoms with van der Waals surface area (Å²) in [5.41, 5.74) is 3.67. The normalized spacial score (nSPS) is 17.2. The second-order valence-electron chi connectivity index (χ2n) is 10.9. The Hall–Kier alpha value is -3.50. The molecule has 1 saturated carbocycles. The summed E-state index contributed by atoms with van der Waals surface area (Å²) in [5, 5.41) is 14.0. The molecule has 2 aliphatic rings. The average Bonchev–Trinajstić information content (AvgIpc) is 3.20. The summed E-state index contributed by atoms with van der Waals surface area (Å²) in [4.78, 5) is 33.3. The molecule has 1 aliphatic carbocycles. The molecule has 37 heavy (non-hydrogen) atoms. The van der Waals surface area contributed by atoms with E-state index in [0.717, 1.165) is 46.9 Å². The Kier molecular flexibility index (Phi) is 6.63. The number of nitrogens with one attached hydrogen (secondary N) is 3. The number of amides is 2. The third-order valence-corrected chi connectivity index (χ3v) is 7.45. The van der Waals surface area contributed by atoms with E-state index in [2.05, 4.69) is 46.4 Å². The van der Waals surface area contributed by atoms with Crippen molar-refractivity contribution in [3.05, 3.63) is 52.7 Å². The van der Waals surface area contributed by atoms with Crippen LogP contribution in [0.2, 0.25) is 0 Å². The number of nitrogens with zero attached hydrogens (tertiary/aromatic N) is 4. The smallest absolute Gasteiger partial charge is 0.261 e. The predicted octanol–water partition coefficient (Wildman–Crippen LogP) is 3.77. The number of rotatable bonds is 9. The SMILES string of the molecule is C=C1NC(=O)C/C1=C\c1cnn2c(NC3CC3)cc(-c3ccc(C(=O)NCC(C)(C)CN(C)C)s3)nc12. The van der Waals surface area contributed by atoms with E-state index in [9.17, 15) is 9.59 Å². The van der Waals surface area contributed by atoms with Crippen molar-refractivity contribution in [2.75, 3.05) is 32.5 Å². The van der Waals surface area contributed by atoms with Crippen molar-refractivity contribution in [2.24, 2.45) is 5.41 Å². The van der Waals surface area contributed by atoms with Crippen LogP contribution in [0.25, 0.3) is 22.3 Å². The number of hydrogen-bond donors (Lipinski definition) is 3. The Bertz CT molecular complexity index is 1410. The molecule has 10 heteroatoms. The van der Waals surface area contributed by atoms with Crippen molar-refractivity contribution >= 4 is 40.7 Å². The van der Waals surface area contributed by atoms with Gasteiger partial charge in [-0.3, -0.25) is 9.59 Å². The monoisotopic (exact) mass is 519 g/mol. The van der Waals surface area contributed by atoms with Gasteiger partial charge in [0.15, 0.2) is 5.65 Å². The van der Waals surface area contributed by atoms with E-state index in [1.807, 2.05) is 38.4 Å². The first-order valence-electron chi connectivity index (χ1n) is 12.5. The summed E-state index contributed by atoms with van der Waals surface area (Å²) in [6.45, 7) is 9.70. The third-order valence-electron chi connectivity index (χ3n) is 6.34. The molecule has 2 fully saturated rings. The van der Waals surface area contributed by atoms with E-state index < -0.39 is 0 Å². The number of carbonyl (C=O) groups is 2.